The van der Waals surface area contributed by atoms with Crippen LogP contribution >= 0.6 is 24.0 Å². The predicted octanol–water partition coefficient (Wildman–Crippen LogP) is 3.48. The molecule has 1 aromatic rings. The number of sulfonamides is 1. The molecule has 1 N–H and O–H groups in total. The molecule has 2 fully saturated rings. The largest absolute Gasteiger partial charge is 0.354 e. The van der Waals surface area contributed by atoms with Crippen LogP contribution in [-0.4, -0.2) is 67.5 Å². The molecule has 31 heavy (non-hydrogen) atoms. The van der Waals surface area contributed by atoms with Crippen LogP contribution < -0.4 is 5.32 Å². The minimum absolute atomic E-state index is 0. The second kappa shape index (κ2) is 11.8. The lowest BCUT2D eigenvalue weighted by Crippen LogP contribution is -2.62. The summed E-state index contributed by atoms with van der Waals surface area (Å²) in [5, 5.41) is 3.84. The van der Waals surface area contributed by atoms with Gasteiger partial charge in [0.25, 0.3) is 0 Å². The highest BCUT2D eigenvalue weighted by atomic mass is 35.5. The third-order valence-electron chi connectivity index (χ3n) is 6.44. The number of rotatable bonds is 8. The molecule has 2 aliphatic rings. The monoisotopic (exact) mass is 491 g/mol. The van der Waals surface area contributed by atoms with E-state index in [0.29, 0.717) is 37.5 Å². The number of halogens is 2. The van der Waals surface area contributed by atoms with Gasteiger partial charge in [-0.25, -0.2) is 8.42 Å². The van der Waals surface area contributed by atoms with E-state index < -0.39 is 10.0 Å². The van der Waals surface area contributed by atoms with Gasteiger partial charge in [0, 0.05) is 43.3 Å². The molecule has 0 radical (unpaired) electrons. The molecule has 0 bridgehead atoms. The molecule has 1 heterocycles. The highest BCUT2D eigenvalue weighted by Crippen LogP contribution is 2.34. The first kappa shape index (κ1) is 26.4. The smallest absolute Gasteiger partial charge is 0.224 e. The van der Waals surface area contributed by atoms with Gasteiger partial charge in [0.05, 0.1) is 12.2 Å². The summed E-state index contributed by atoms with van der Waals surface area (Å²) in [6.45, 7) is 5.08. The highest BCUT2D eigenvalue weighted by molar-refractivity contribution is 7.89. The number of hydrogen-bond acceptors (Lipinski definition) is 4. The molecule has 0 unspecified atom stereocenters. The van der Waals surface area contributed by atoms with Crippen LogP contribution in [0.15, 0.2) is 24.3 Å². The van der Waals surface area contributed by atoms with Gasteiger partial charge in [0.2, 0.25) is 15.9 Å². The second-order valence-electron chi connectivity index (χ2n) is 8.57. The SMILES string of the molecule is CCCS(=O)(=O)N1CCN(C2(CNC(=O)Cc3ccc(Cl)cc3)CCCCC2)CC1.Cl. The predicted molar refractivity (Wildman–Crippen MR) is 128 cm³/mol. The molecule has 0 spiro atoms. The minimum atomic E-state index is -3.14. The Morgan fingerprint density at radius 2 is 1.68 bits per heavy atom. The maximum atomic E-state index is 12.6. The van der Waals surface area contributed by atoms with Crippen molar-refractivity contribution < 1.29 is 13.2 Å². The number of amides is 1. The van der Waals surface area contributed by atoms with Crippen molar-refractivity contribution in [2.24, 2.45) is 0 Å². The fourth-order valence-electron chi connectivity index (χ4n) is 4.76. The third kappa shape index (κ3) is 7.06. The zero-order valence-electron chi connectivity index (χ0n) is 18.3. The highest BCUT2D eigenvalue weighted by Gasteiger charge is 2.40. The van der Waals surface area contributed by atoms with Crippen molar-refractivity contribution in [1.29, 1.82) is 0 Å². The van der Waals surface area contributed by atoms with E-state index in [4.69, 9.17) is 11.6 Å². The molecule has 1 saturated heterocycles. The van der Waals surface area contributed by atoms with Crippen molar-refractivity contribution in [1.82, 2.24) is 14.5 Å². The van der Waals surface area contributed by atoms with Gasteiger partial charge in [-0.1, -0.05) is 49.9 Å². The fraction of sp³-hybridized carbons (Fsp3) is 0.682. The Bertz CT molecular complexity index is 804. The Balaban J connectivity index is 0.00000341. The van der Waals surface area contributed by atoms with E-state index in [2.05, 4.69) is 10.2 Å². The van der Waals surface area contributed by atoms with Gasteiger partial charge in [-0.15, -0.1) is 12.4 Å². The first-order valence-corrected chi connectivity index (χ1v) is 13.1. The normalized spacial score (nSPS) is 20.1. The molecule has 3 rings (SSSR count). The van der Waals surface area contributed by atoms with Crippen LogP contribution in [-0.2, 0) is 21.2 Å². The molecule has 6 nitrogen and oxygen atoms in total. The second-order valence-corrected chi connectivity index (χ2v) is 11.1. The van der Waals surface area contributed by atoms with Crippen molar-refractivity contribution in [3.8, 4) is 0 Å². The van der Waals surface area contributed by atoms with Crippen LogP contribution in [0.5, 0.6) is 0 Å². The lowest BCUT2D eigenvalue weighted by molar-refractivity contribution is -0.121. The molecule has 1 aromatic carbocycles. The Morgan fingerprint density at radius 1 is 1.06 bits per heavy atom. The number of carbonyl (C=O) groups excluding carboxylic acids is 1. The lowest BCUT2D eigenvalue weighted by atomic mass is 9.79. The number of nitrogens with one attached hydrogen (secondary N) is 1. The molecule has 0 atom stereocenters. The summed E-state index contributed by atoms with van der Waals surface area (Å²) in [7, 11) is -3.14. The van der Waals surface area contributed by atoms with Gasteiger partial charge >= 0.3 is 0 Å². The molecule has 0 aromatic heterocycles. The summed E-state index contributed by atoms with van der Waals surface area (Å²) in [5.41, 5.74) is 0.887. The minimum Gasteiger partial charge on any atom is -0.354 e. The van der Waals surface area contributed by atoms with Gasteiger partial charge < -0.3 is 5.32 Å². The van der Waals surface area contributed by atoms with Crippen LogP contribution in [0.1, 0.15) is 51.0 Å². The fourth-order valence-corrected chi connectivity index (χ4v) is 6.38. The van der Waals surface area contributed by atoms with Crippen molar-refractivity contribution >= 4 is 39.9 Å². The first-order valence-electron chi connectivity index (χ1n) is 11.1. The van der Waals surface area contributed by atoms with E-state index in [1.807, 2.05) is 19.1 Å². The van der Waals surface area contributed by atoms with E-state index in [-0.39, 0.29) is 29.6 Å². The Kier molecular flexibility index (Phi) is 10.1. The summed E-state index contributed by atoms with van der Waals surface area (Å²) < 4.78 is 26.4. The summed E-state index contributed by atoms with van der Waals surface area (Å²) >= 11 is 5.92. The van der Waals surface area contributed by atoms with Gasteiger partial charge in [-0.3, -0.25) is 9.69 Å². The van der Waals surface area contributed by atoms with Crippen LogP contribution in [0.2, 0.25) is 5.02 Å². The van der Waals surface area contributed by atoms with Crippen molar-refractivity contribution in [3.05, 3.63) is 34.9 Å². The average molecular weight is 493 g/mol. The van der Waals surface area contributed by atoms with Crippen molar-refractivity contribution in [3.63, 3.8) is 0 Å². The number of nitrogens with zero attached hydrogens (tertiary/aromatic N) is 2. The summed E-state index contributed by atoms with van der Waals surface area (Å²) in [4.78, 5) is 15.0. The summed E-state index contributed by atoms with van der Waals surface area (Å²) in [6.07, 6.45) is 6.63. The zero-order chi connectivity index (χ0) is 21.6. The average Bonchev–Trinajstić information content (AvgIpc) is 2.75. The standard InChI is InChI=1S/C22H34ClN3O3S.ClH/c1-2-16-30(28,29)26-14-12-25(13-15-26)22(10-4-3-5-11-22)18-24-21(27)17-19-6-8-20(23)9-7-19;/h6-9H,2-5,10-18H2,1H3,(H,24,27);1H. The van der Waals surface area contributed by atoms with E-state index in [1.54, 1.807) is 16.4 Å². The van der Waals surface area contributed by atoms with Gasteiger partial charge in [-0.05, 0) is 37.0 Å². The maximum absolute atomic E-state index is 12.6. The Hall–Kier alpha value is -0.860. The molecule has 1 saturated carbocycles. The van der Waals surface area contributed by atoms with E-state index in [9.17, 15) is 13.2 Å². The lowest BCUT2D eigenvalue weighted by Gasteiger charge is -2.49. The number of carbonyl (C=O) groups is 1. The first-order chi connectivity index (χ1) is 14.3. The number of piperazine rings is 1. The molecule has 9 heteroatoms. The Morgan fingerprint density at radius 3 is 2.26 bits per heavy atom. The Labute approximate surface area is 198 Å². The van der Waals surface area contributed by atoms with Crippen LogP contribution in [0.25, 0.3) is 0 Å². The third-order valence-corrected chi connectivity index (χ3v) is 8.77. The quantitative estimate of drug-likeness (QED) is 0.604. The van der Waals surface area contributed by atoms with E-state index >= 15 is 0 Å². The molecule has 1 aliphatic heterocycles. The molecular formula is C22H35Cl2N3O3S. The topological polar surface area (TPSA) is 69.7 Å². The van der Waals surface area contributed by atoms with E-state index in [1.165, 1.54) is 6.42 Å². The van der Waals surface area contributed by atoms with E-state index in [0.717, 1.165) is 44.3 Å². The van der Waals surface area contributed by atoms with Crippen LogP contribution in [0.3, 0.4) is 0 Å². The zero-order valence-corrected chi connectivity index (χ0v) is 20.7. The van der Waals surface area contributed by atoms with Crippen molar-refractivity contribution in [2.75, 3.05) is 38.5 Å². The molecule has 176 valence electrons. The maximum Gasteiger partial charge on any atom is 0.224 e. The summed E-state index contributed by atoms with van der Waals surface area (Å²) in [6, 6.07) is 7.38. The molecular weight excluding hydrogens is 457 g/mol. The van der Waals surface area contributed by atoms with Gasteiger partial charge in [0.1, 0.15) is 0 Å². The van der Waals surface area contributed by atoms with Crippen LogP contribution in [0.4, 0.5) is 0 Å². The van der Waals surface area contributed by atoms with Crippen LogP contribution in [0, 0.1) is 0 Å². The van der Waals surface area contributed by atoms with Crippen molar-refractivity contribution in [2.45, 2.75) is 57.4 Å². The number of benzene rings is 1. The molecule has 1 aliphatic carbocycles. The summed E-state index contributed by atoms with van der Waals surface area (Å²) in [5.74, 6) is 0.241. The van der Waals surface area contributed by atoms with Gasteiger partial charge in [-0.2, -0.15) is 4.31 Å². The molecule has 1 amide bonds. The van der Waals surface area contributed by atoms with Gasteiger partial charge in [0.15, 0.2) is 0 Å². The number of hydrogen-bond donors (Lipinski definition) is 1.